The molecule has 3 atom stereocenters. The number of carbonyl (C=O) groups excluding carboxylic acids is 2. The van der Waals surface area contributed by atoms with Gasteiger partial charge in [-0.2, -0.15) is 0 Å². The summed E-state index contributed by atoms with van der Waals surface area (Å²) in [6.45, 7) is 3.92. The van der Waals surface area contributed by atoms with Crippen LogP contribution in [0.5, 0.6) is 11.5 Å². The van der Waals surface area contributed by atoms with E-state index in [1.54, 1.807) is 31.2 Å². The Hall–Kier alpha value is -2.74. The summed E-state index contributed by atoms with van der Waals surface area (Å²) >= 11 is 0. The Morgan fingerprint density at radius 2 is 1.62 bits per heavy atom. The smallest absolute Gasteiger partial charge is 0.220 e. The van der Waals surface area contributed by atoms with Gasteiger partial charge in [-0.15, -0.1) is 0 Å². The Morgan fingerprint density at radius 1 is 1.00 bits per heavy atom. The average molecular weight is 400 g/mol. The number of carbonyl (C=O) groups is 2. The van der Waals surface area contributed by atoms with Crippen molar-refractivity contribution in [3.05, 3.63) is 60.2 Å². The topological polar surface area (TPSA) is 114 Å². The van der Waals surface area contributed by atoms with Crippen LogP contribution in [0.3, 0.4) is 0 Å². The van der Waals surface area contributed by atoms with E-state index >= 15 is 0 Å². The van der Waals surface area contributed by atoms with Gasteiger partial charge in [-0.05, 0) is 49.7 Å². The third-order valence-corrected chi connectivity index (χ3v) is 4.49. The molecule has 0 saturated heterocycles. The fourth-order valence-corrected chi connectivity index (χ4v) is 2.74. The van der Waals surface area contributed by atoms with Crippen molar-refractivity contribution < 1.29 is 23.8 Å². The van der Waals surface area contributed by atoms with Crippen LogP contribution >= 0.6 is 0 Å². The Kier molecular flexibility index (Phi) is 8.79. The first-order valence-corrected chi connectivity index (χ1v) is 9.53. The highest BCUT2D eigenvalue weighted by Gasteiger charge is 2.30. The molecule has 0 heterocycles. The summed E-state index contributed by atoms with van der Waals surface area (Å²) in [4.78, 5) is 24.5. The first-order chi connectivity index (χ1) is 13.9. The van der Waals surface area contributed by atoms with Gasteiger partial charge in [-0.1, -0.05) is 25.1 Å². The van der Waals surface area contributed by atoms with Crippen LogP contribution in [-0.4, -0.2) is 31.3 Å². The minimum atomic E-state index is -0.920. The van der Waals surface area contributed by atoms with Crippen LogP contribution in [0.1, 0.15) is 30.6 Å². The molecule has 3 unspecified atom stereocenters. The monoisotopic (exact) mass is 400 g/mol. The van der Waals surface area contributed by atoms with Crippen LogP contribution in [0, 0.1) is 11.8 Å². The maximum absolute atomic E-state index is 13.1. The molecular formula is C22H28N2O5. The Bertz CT molecular complexity index is 780. The molecule has 156 valence electrons. The summed E-state index contributed by atoms with van der Waals surface area (Å²) in [5.41, 5.74) is 11.9. The van der Waals surface area contributed by atoms with E-state index < -0.39 is 24.0 Å². The van der Waals surface area contributed by atoms with E-state index in [1.807, 2.05) is 37.3 Å². The number of nitrogens with two attached hydrogens (primary N) is 2. The Labute approximate surface area is 170 Å². The molecule has 0 aliphatic rings. The van der Waals surface area contributed by atoms with Gasteiger partial charge >= 0.3 is 0 Å². The van der Waals surface area contributed by atoms with Gasteiger partial charge < -0.3 is 25.7 Å². The van der Waals surface area contributed by atoms with Crippen molar-refractivity contribution >= 4 is 11.7 Å². The van der Waals surface area contributed by atoms with Crippen molar-refractivity contribution in [1.82, 2.24) is 0 Å². The molecule has 2 rings (SSSR count). The second kappa shape index (κ2) is 11.3. The number of hydrogen-bond donors (Lipinski definition) is 2. The van der Waals surface area contributed by atoms with E-state index in [4.69, 9.17) is 25.7 Å². The zero-order valence-corrected chi connectivity index (χ0v) is 16.7. The highest BCUT2D eigenvalue weighted by molar-refractivity contribution is 5.98. The summed E-state index contributed by atoms with van der Waals surface area (Å²) in [6, 6.07) is 16.1. The molecule has 7 nitrogen and oxygen atoms in total. The number of amides is 1. The first kappa shape index (κ1) is 22.5. The van der Waals surface area contributed by atoms with Crippen LogP contribution in [0.2, 0.25) is 0 Å². The minimum absolute atomic E-state index is 0.0315. The van der Waals surface area contributed by atoms with Gasteiger partial charge in [0.15, 0.2) is 5.78 Å². The number of hydrogen-bond acceptors (Lipinski definition) is 6. The van der Waals surface area contributed by atoms with Gasteiger partial charge in [-0.25, -0.2) is 0 Å². The van der Waals surface area contributed by atoms with Gasteiger partial charge in [0.1, 0.15) is 24.5 Å². The maximum Gasteiger partial charge on any atom is 0.220 e. The van der Waals surface area contributed by atoms with Crippen LogP contribution in [-0.2, 0) is 14.3 Å². The lowest BCUT2D eigenvalue weighted by molar-refractivity contribution is -0.123. The molecule has 0 radical (unpaired) electrons. The van der Waals surface area contributed by atoms with Gasteiger partial charge in [0, 0.05) is 18.1 Å². The molecule has 0 aliphatic heterocycles. The zero-order valence-electron chi connectivity index (χ0n) is 16.7. The van der Waals surface area contributed by atoms with E-state index in [0.717, 1.165) is 0 Å². The third kappa shape index (κ3) is 6.98. The molecule has 0 aromatic heterocycles. The largest absolute Gasteiger partial charge is 0.457 e. The normalized spacial score (nSPS) is 14.0. The molecule has 0 spiro atoms. The number of Topliss-reactive ketones (excluding diaryl/α,β-unsaturated/α-hetero) is 1. The highest BCUT2D eigenvalue weighted by atomic mass is 16.7. The molecule has 7 heteroatoms. The van der Waals surface area contributed by atoms with Crippen molar-refractivity contribution in [2.75, 3.05) is 13.4 Å². The summed E-state index contributed by atoms with van der Waals surface area (Å²) in [6.07, 6.45) is -0.736. The number of rotatable bonds is 12. The van der Waals surface area contributed by atoms with E-state index in [1.165, 1.54) is 0 Å². The number of primary amides is 1. The number of ketones is 1. The van der Waals surface area contributed by atoms with Crippen molar-refractivity contribution in [2.24, 2.45) is 23.3 Å². The third-order valence-electron chi connectivity index (χ3n) is 4.49. The molecule has 29 heavy (non-hydrogen) atoms. The van der Waals surface area contributed by atoms with Gasteiger partial charge in [0.2, 0.25) is 5.91 Å². The first-order valence-electron chi connectivity index (χ1n) is 9.53. The molecule has 4 N–H and O–H groups in total. The fourth-order valence-electron chi connectivity index (χ4n) is 2.74. The summed E-state index contributed by atoms with van der Waals surface area (Å²) in [5, 5.41) is 0. The van der Waals surface area contributed by atoms with E-state index in [9.17, 15) is 9.59 Å². The van der Waals surface area contributed by atoms with Gasteiger partial charge in [0.25, 0.3) is 0 Å². The van der Waals surface area contributed by atoms with Crippen molar-refractivity contribution in [3.8, 4) is 11.5 Å². The summed E-state index contributed by atoms with van der Waals surface area (Å²) in [5.74, 6) is -0.678. The quantitative estimate of drug-likeness (QED) is 0.321. The second-order valence-corrected chi connectivity index (χ2v) is 6.69. The summed E-state index contributed by atoms with van der Waals surface area (Å²) < 4.78 is 16.3. The molecule has 2 aromatic carbocycles. The van der Waals surface area contributed by atoms with Crippen molar-refractivity contribution in [1.29, 1.82) is 0 Å². The molecule has 0 saturated carbocycles. The van der Waals surface area contributed by atoms with Crippen LogP contribution in [0.25, 0.3) is 0 Å². The second-order valence-electron chi connectivity index (χ2n) is 6.69. The van der Waals surface area contributed by atoms with Crippen molar-refractivity contribution in [3.63, 3.8) is 0 Å². The van der Waals surface area contributed by atoms with E-state index in [0.29, 0.717) is 23.7 Å². The molecular weight excluding hydrogens is 372 g/mol. The standard InChI is InChI=1S/C22H28N2O5/c1-3-27-14-28-22(24)19(13-15(2)21(23)26)20(25)16-9-11-18(12-10-16)29-17-7-5-4-6-8-17/h4-12,15,19,22H,3,13-14,24H2,1-2H3,(H2,23,26). The van der Waals surface area contributed by atoms with Crippen LogP contribution < -0.4 is 16.2 Å². The van der Waals surface area contributed by atoms with Crippen LogP contribution in [0.15, 0.2) is 54.6 Å². The summed E-state index contributed by atoms with van der Waals surface area (Å²) in [7, 11) is 0. The van der Waals surface area contributed by atoms with Crippen molar-refractivity contribution in [2.45, 2.75) is 26.5 Å². The lowest BCUT2D eigenvalue weighted by atomic mass is 9.87. The lowest BCUT2D eigenvalue weighted by Gasteiger charge is -2.24. The molecule has 0 fully saturated rings. The van der Waals surface area contributed by atoms with Gasteiger partial charge in [0.05, 0.1) is 5.92 Å². The SMILES string of the molecule is CCOCOC(N)C(CC(C)C(N)=O)C(=O)c1ccc(Oc2ccccc2)cc1. The minimum Gasteiger partial charge on any atom is -0.457 e. The molecule has 0 bridgehead atoms. The number of ether oxygens (including phenoxy) is 3. The zero-order chi connectivity index (χ0) is 21.2. The van der Waals surface area contributed by atoms with Crippen LogP contribution in [0.4, 0.5) is 0 Å². The van der Waals surface area contributed by atoms with E-state index in [-0.39, 0.29) is 19.0 Å². The molecule has 0 aliphatic carbocycles. The van der Waals surface area contributed by atoms with Gasteiger partial charge in [-0.3, -0.25) is 9.59 Å². The van der Waals surface area contributed by atoms with E-state index in [2.05, 4.69) is 0 Å². The lowest BCUT2D eigenvalue weighted by Crippen LogP contribution is -2.40. The fraction of sp³-hybridized carbons (Fsp3) is 0.364. The molecule has 2 aromatic rings. The predicted molar refractivity (Wildman–Crippen MR) is 109 cm³/mol. The average Bonchev–Trinajstić information content (AvgIpc) is 2.72. The number of para-hydroxylation sites is 1. The number of benzene rings is 2. The maximum atomic E-state index is 13.1. The Balaban J connectivity index is 2.12. The predicted octanol–water partition coefficient (Wildman–Crippen LogP) is 3.08. The highest BCUT2D eigenvalue weighted by Crippen LogP contribution is 2.25. The Morgan fingerprint density at radius 3 is 2.21 bits per heavy atom. The molecule has 1 amide bonds.